The minimum atomic E-state index is -2.77. The summed E-state index contributed by atoms with van der Waals surface area (Å²) in [6.07, 6.45) is -0.459. The number of carbonyl (C=O) groups is 1. The molecular weight excluding hydrogens is 192 g/mol. The van der Waals surface area contributed by atoms with Crippen LogP contribution in [0.4, 0.5) is 8.78 Å². The van der Waals surface area contributed by atoms with E-state index in [2.05, 4.69) is 10.1 Å². The molecule has 1 aliphatic rings. The molecule has 0 spiro atoms. The highest BCUT2D eigenvalue weighted by molar-refractivity contribution is 5.85. The van der Waals surface area contributed by atoms with Gasteiger partial charge in [-0.25, -0.2) is 8.78 Å². The van der Waals surface area contributed by atoms with Crippen LogP contribution in [-0.2, 0) is 9.53 Å². The van der Waals surface area contributed by atoms with Gasteiger partial charge in [-0.3, -0.25) is 10.1 Å². The molecule has 0 bridgehead atoms. The minimum absolute atomic E-state index is 0. The van der Waals surface area contributed by atoms with Crippen molar-refractivity contribution in [1.82, 2.24) is 5.32 Å². The topological polar surface area (TPSA) is 38.3 Å². The van der Waals surface area contributed by atoms with Gasteiger partial charge in [0.1, 0.15) is 6.04 Å². The SMILES string of the molecule is COC(=O)[C@@H]1CC(F)(F)CN1.Cl. The Bertz CT molecular complexity index is 177. The van der Waals surface area contributed by atoms with Crippen molar-refractivity contribution >= 4 is 18.4 Å². The van der Waals surface area contributed by atoms with Crippen molar-refractivity contribution in [3.63, 3.8) is 0 Å². The van der Waals surface area contributed by atoms with Gasteiger partial charge in [0.2, 0.25) is 0 Å². The van der Waals surface area contributed by atoms with E-state index >= 15 is 0 Å². The maximum atomic E-state index is 12.4. The van der Waals surface area contributed by atoms with Crippen molar-refractivity contribution in [2.75, 3.05) is 13.7 Å². The summed E-state index contributed by atoms with van der Waals surface area (Å²) in [7, 11) is 1.18. The van der Waals surface area contributed by atoms with Crippen LogP contribution in [0.2, 0.25) is 0 Å². The molecular formula is C6H10ClF2NO2. The molecule has 6 heteroatoms. The number of ether oxygens (including phenoxy) is 1. The fraction of sp³-hybridized carbons (Fsp3) is 0.833. The van der Waals surface area contributed by atoms with Crippen molar-refractivity contribution in [1.29, 1.82) is 0 Å². The van der Waals surface area contributed by atoms with E-state index in [0.29, 0.717) is 0 Å². The van der Waals surface area contributed by atoms with Crippen LogP contribution in [0.5, 0.6) is 0 Å². The number of rotatable bonds is 1. The molecule has 0 saturated carbocycles. The third-order valence-corrected chi connectivity index (χ3v) is 1.60. The summed E-state index contributed by atoms with van der Waals surface area (Å²) in [4.78, 5) is 10.7. The lowest BCUT2D eigenvalue weighted by atomic mass is 10.2. The number of nitrogens with one attached hydrogen (secondary N) is 1. The normalized spacial score (nSPS) is 26.1. The lowest BCUT2D eigenvalue weighted by Crippen LogP contribution is -2.31. The third kappa shape index (κ3) is 2.57. The smallest absolute Gasteiger partial charge is 0.323 e. The largest absolute Gasteiger partial charge is 0.468 e. The molecule has 1 rings (SSSR count). The zero-order valence-electron chi connectivity index (χ0n) is 6.47. The van der Waals surface area contributed by atoms with Crippen LogP contribution in [0.15, 0.2) is 0 Å². The van der Waals surface area contributed by atoms with Crippen molar-refractivity contribution in [2.24, 2.45) is 0 Å². The van der Waals surface area contributed by atoms with Crippen LogP contribution in [0.1, 0.15) is 6.42 Å². The summed E-state index contributed by atoms with van der Waals surface area (Å²) >= 11 is 0. The van der Waals surface area contributed by atoms with Crippen LogP contribution in [0, 0.1) is 0 Å². The van der Waals surface area contributed by atoms with Crippen molar-refractivity contribution in [2.45, 2.75) is 18.4 Å². The van der Waals surface area contributed by atoms with Crippen LogP contribution < -0.4 is 5.32 Å². The molecule has 0 unspecified atom stereocenters. The summed E-state index contributed by atoms with van der Waals surface area (Å²) in [6.45, 7) is -0.438. The quantitative estimate of drug-likeness (QED) is 0.631. The molecule has 1 heterocycles. The fourth-order valence-corrected chi connectivity index (χ4v) is 1.02. The second kappa shape index (κ2) is 4.00. The zero-order chi connectivity index (χ0) is 8.48. The fourth-order valence-electron chi connectivity index (χ4n) is 1.02. The van der Waals surface area contributed by atoms with Gasteiger partial charge in [0.15, 0.2) is 0 Å². The summed E-state index contributed by atoms with van der Waals surface area (Å²) in [5.74, 6) is -3.39. The standard InChI is InChI=1S/C6H9F2NO2.ClH/c1-11-5(10)4-2-6(7,8)3-9-4;/h4,9H,2-3H2,1H3;1H/t4-;/m0./s1. The van der Waals surface area contributed by atoms with Crippen molar-refractivity contribution in [3.8, 4) is 0 Å². The van der Waals surface area contributed by atoms with Gasteiger partial charge in [-0.05, 0) is 0 Å². The lowest BCUT2D eigenvalue weighted by Gasteiger charge is -2.06. The molecule has 1 fully saturated rings. The highest BCUT2D eigenvalue weighted by Crippen LogP contribution is 2.25. The number of alkyl halides is 2. The first-order chi connectivity index (χ1) is 5.05. The molecule has 0 amide bonds. The first-order valence-electron chi connectivity index (χ1n) is 3.24. The molecule has 72 valence electrons. The highest BCUT2D eigenvalue weighted by atomic mass is 35.5. The van der Waals surface area contributed by atoms with E-state index in [1.165, 1.54) is 7.11 Å². The Hall–Kier alpha value is -0.420. The van der Waals surface area contributed by atoms with Crippen LogP contribution in [-0.4, -0.2) is 31.6 Å². The van der Waals surface area contributed by atoms with Crippen molar-refractivity contribution in [3.05, 3.63) is 0 Å². The van der Waals surface area contributed by atoms with Gasteiger partial charge in [-0.1, -0.05) is 0 Å². The first-order valence-corrected chi connectivity index (χ1v) is 3.24. The molecule has 0 aromatic rings. The van der Waals surface area contributed by atoms with Crippen LogP contribution >= 0.6 is 12.4 Å². The predicted octanol–water partition coefficient (Wildman–Crippen LogP) is 0.578. The Morgan fingerprint density at radius 2 is 2.25 bits per heavy atom. The molecule has 1 aliphatic heterocycles. The van der Waals surface area contributed by atoms with Gasteiger partial charge in [0.25, 0.3) is 5.92 Å². The van der Waals surface area contributed by atoms with Gasteiger partial charge in [-0.2, -0.15) is 0 Å². The summed E-state index contributed by atoms with van der Waals surface area (Å²) in [6, 6.07) is -0.838. The molecule has 1 N–H and O–H groups in total. The van der Waals surface area contributed by atoms with Gasteiger partial charge in [0.05, 0.1) is 13.7 Å². The molecule has 0 aromatic carbocycles. The summed E-state index contributed by atoms with van der Waals surface area (Å²) in [5, 5.41) is 2.37. The Labute approximate surface area is 74.9 Å². The molecule has 0 aliphatic carbocycles. The Balaban J connectivity index is 0.00000121. The van der Waals surface area contributed by atoms with E-state index in [-0.39, 0.29) is 12.4 Å². The molecule has 0 aromatic heterocycles. The van der Waals surface area contributed by atoms with Crippen LogP contribution in [0.25, 0.3) is 0 Å². The summed E-state index contributed by atoms with van der Waals surface area (Å²) in [5.41, 5.74) is 0. The van der Waals surface area contributed by atoms with Crippen molar-refractivity contribution < 1.29 is 18.3 Å². The van der Waals surface area contributed by atoms with E-state index in [1.54, 1.807) is 0 Å². The van der Waals surface area contributed by atoms with Gasteiger partial charge < -0.3 is 4.74 Å². The number of esters is 1. The summed E-state index contributed by atoms with van der Waals surface area (Å²) < 4.78 is 29.1. The number of carbonyl (C=O) groups excluding carboxylic acids is 1. The molecule has 3 nitrogen and oxygen atoms in total. The maximum absolute atomic E-state index is 12.4. The molecule has 1 saturated heterocycles. The average Bonchev–Trinajstić information content (AvgIpc) is 2.29. The van der Waals surface area contributed by atoms with Gasteiger partial charge >= 0.3 is 5.97 Å². The Morgan fingerprint density at radius 3 is 2.58 bits per heavy atom. The van der Waals surface area contributed by atoms with Gasteiger partial charge in [-0.15, -0.1) is 12.4 Å². The Kier molecular flexibility index (Phi) is 3.86. The number of hydrogen-bond donors (Lipinski definition) is 1. The lowest BCUT2D eigenvalue weighted by molar-refractivity contribution is -0.143. The minimum Gasteiger partial charge on any atom is -0.468 e. The molecule has 0 radical (unpaired) electrons. The van der Waals surface area contributed by atoms with E-state index in [1.807, 2.05) is 0 Å². The number of hydrogen-bond acceptors (Lipinski definition) is 3. The second-order valence-corrected chi connectivity index (χ2v) is 2.52. The second-order valence-electron chi connectivity index (χ2n) is 2.52. The van der Waals surface area contributed by atoms with Gasteiger partial charge in [0, 0.05) is 6.42 Å². The number of methoxy groups -OCH3 is 1. The first kappa shape index (κ1) is 11.6. The highest BCUT2D eigenvalue weighted by Gasteiger charge is 2.42. The third-order valence-electron chi connectivity index (χ3n) is 1.60. The maximum Gasteiger partial charge on any atom is 0.323 e. The van der Waals surface area contributed by atoms with E-state index in [4.69, 9.17) is 0 Å². The number of halogens is 3. The van der Waals surface area contributed by atoms with Crippen LogP contribution in [0.3, 0.4) is 0 Å². The zero-order valence-corrected chi connectivity index (χ0v) is 7.29. The molecule has 1 atom stereocenters. The monoisotopic (exact) mass is 201 g/mol. The Morgan fingerprint density at radius 1 is 1.67 bits per heavy atom. The van der Waals surface area contributed by atoms with E-state index < -0.39 is 30.9 Å². The van der Waals surface area contributed by atoms with E-state index in [0.717, 1.165) is 0 Å². The predicted molar refractivity (Wildman–Crippen MR) is 40.6 cm³/mol. The van der Waals surface area contributed by atoms with E-state index in [9.17, 15) is 13.6 Å². The average molecular weight is 202 g/mol. The molecule has 12 heavy (non-hydrogen) atoms.